The van der Waals surface area contributed by atoms with E-state index in [0.29, 0.717) is 0 Å². The largest absolute Gasteiger partial charge is 0.372 e. The van der Waals surface area contributed by atoms with E-state index in [0.717, 1.165) is 13.1 Å². The molecule has 3 rings (SSSR count). The highest BCUT2D eigenvalue weighted by Crippen LogP contribution is 2.31. The monoisotopic (exact) mass is 307 g/mol. The topological polar surface area (TPSA) is 7.12 Å². The Morgan fingerprint density at radius 2 is 1.78 bits per heavy atom. The molecule has 0 unspecified atom stereocenters. The van der Waals surface area contributed by atoms with E-state index in [2.05, 4.69) is 79.2 Å². The molecule has 0 spiro atoms. The van der Waals surface area contributed by atoms with Crippen molar-refractivity contribution in [3.05, 3.63) is 59.4 Å². The van der Waals surface area contributed by atoms with Gasteiger partial charge in [0.1, 0.15) is 7.05 Å². The van der Waals surface area contributed by atoms with Crippen LogP contribution in [0.15, 0.2) is 42.7 Å². The first-order valence-corrected chi connectivity index (χ1v) is 8.75. The van der Waals surface area contributed by atoms with Crippen molar-refractivity contribution >= 4 is 17.3 Å². The Balaban J connectivity index is 1.88. The summed E-state index contributed by atoms with van der Waals surface area (Å²) in [4.78, 5) is 2.38. The lowest BCUT2D eigenvalue weighted by Crippen LogP contribution is -2.28. The molecule has 1 aliphatic rings. The maximum Gasteiger partial charge on any atom is 0.172 e. The lowest BCUT2D eigenvalue weighted by molar-refractivity contribution is -0.672. The molecule has 0 aliphatic heterocycles. The van der Waals surface area contributed by atoms with E-state index in [4.69, 9.17) is 0 Å². The third-order valence-electron chi connectivity index (χ3n) is 4.78. The van der Waals surface area contributed by atoms with Crippen LogP contribution < -0.4 is 9.47 Å². The van der Waals surface area contributed by atoms with Crippen LogP contribution in [0.2, 0.25) is 0 Å². The van der Waals surface area contributed by atoms with E-state index in [1.54, 1.807) is 0 Å². The number of benzene rings is 1. The van der Waals surface area contributed by atoms with Crippen LogP contribution in [0.5, 0.6) is 0 Å². The fraction of sp³-hybridized carbons (Fsp3) is 0.381. The first-order valence-electron chi connectivity index (χ1n) is 8.75. The van der Waals surface area contributed by atoms with E-state index in [-0.39, 0.29) is 0 Å². The molecule has 0 amide bonds. The lowest BCUT2D eigenvalue weighted by Gasteiger charge is -2.21. The molecule has 2 nitrogen and oxygen atoms in total. The summed E-state index contributed by atoms with van der Waals surface area (Å²) < 4.78 is 2.15. The Morgan fingerprint density at radius 1 is 1.04 bits per heavy atom. The first kappa shape index (κ1) is 15.8. The van der Waals surface area contributed by atoms with Gasteiger partial charge in [0.25, 0.3) is 0 Å². The van der Waals surface area contributed by atoms with Gasteiger partial charge in [-0.25, -0.2) is 4.57 Å². The number of allylic oxidation sites excluding steroid dienone is 1. The minimum absolute atomic E-state index is 1.06. The highest BCUT2D eigenvalue weighted by molar-refractivity contribution is 5.83. The zero-order chi connectivity index (χ0) is 16.2. The normalized spacial score (nSPS) is 15.5. The van der Waals surface area contributed by atoms with Crippen LogP contribution in [0.3, 0.4) is 0 Å². The Morgan fingerprint density at radius 3 is 2.48 bits per heavy atom. The molecule has 2 aromatic rings. The highest BCUT2D eigenvalue weighted by atomic mass is 15.1. The molecule has 2 heteroatoms. The molecular weight excluding hydrogens is 280 g/mol. The number of aryl methyl sites for hydroxylation is 2. The zero-order valence-electron chi connectivity index (χ0n) is 14.5. The molecule has 0 radical (unpaired) electrons. The van der Waals surface area contributed by atoms with E-state index in [9.17, 15) is 0 Å². The van der Waals surface area contributed by atoms with Gasteiger partial charge in [-0.1, -0.05) is 18.2 Å². The molecule has 1 aliphatic carbocycles. The smallest absolute Gasteiger partial charge is 0.172 e. The number of fused-ring (bicyclic) bond motifs is 1. The summed E-state index contributed by atoms with van der Waals surface area (Å²) in [7, 11) is 2.10. The minimum atomic E-state index is 1.06. The van der Waals surface area contributed by atoms with Crippen LogP contribution in [-0.2, 0) is 13.5 Å². The van der Waals surface area contributed by atoms with Crippen molar-refractivity contribution in [1.82, 2.24) is 0 Å². The van der Waals surface area contributed by atoms with Crippen LogP contribution in [0.4, 0.5) is 5.69 Å². The van der Waals surface area contributed by atoms with Gasteiger partial charge in [0.05, 0.1) is 0 Å². The van der Waals surface area contributed by atoms with Gasteiger partial charge in [-0.15, -0.1) is 0 Å². The molecular formula is C21H27N2+. The van der Waals surface area contributed by atoms with Crippen molar-refractivity contribution in [3.8, 4) is 0 Å². The maximum atomic E-state index is 2.38. The quantitative estimate of drug-likeness (QED) is 0.767. The van der Waals surface area contributed by atoms with Crippen molar-refractivity contribution < 1.29 is 4.57 Å². The van der Waals surface area contributed by atoms with Crippen molar-refractivity contribution in [2.45, 2.75) is 33.1 Å². The van der Waals surface area contributed by atoms with E-state index in [1.165, 1.54) is 47.2 Å². The van der Waals surface area contributed by atoms with Gasteiger partial charge in [-0.3, -0.25) is 0 Å². The zero-order valence-corrected chi connectivity index (χ0v) is 14.5. The van der Waals surface area contributed by atoms with Crippen LogP contribution in [0.25, 0.3) is 11.6 Å². The van der Waals surface area contributed by atoms with Gasteiger partial charge in [0.15, 0.2) is 12.4 Å². The van der Waals surface area contributed by atoms with Crippen LogP contribution in [-0.4, -0.2) is 13.1 Å². The van der Waals surface area contributed by atoms with Gasteiger partial charge in [-0.05, 0) is 61.9 Å². The van der Waals surface area contributed by atoms with Crippen LogP contribution in [0.1, 0.15) is 43.4 Å². The number of hydrogen-bond acceptors (Lipinski definition) is 1. The molecule has 23 heavy (non-hydrogen) atoms. The lowest BCUT2D eigenvalue weighted by atomic mass is 9.87. The average molecular weight is 307 g/mol. The molecule has 0 saturated carbocycles. The highest BCUT2D eigenvalue weighted by Gasteiger charge is 2.16. The van der Waals surface area contributed by atoms with E-state index in [1.807, 2.05) is 0 Å². The van der Waals surface area contributed by atoms with Crippen LogP contribution >= 0.6 is 0 Å². The SMILES string of the molecule is CCN(CC)c1ccc(/C=C2/CCCc3c[n+](C)ccc32)cc1. The number of anilines is 1. The number of rotatable bonds is 4. The fourth-order valence-corrected chi connectivity index (χ4v) is 3.50. The average Bonchev–Trinajstić information content (AvgIpc) is 2.57. The number of nitrogens with zero attached hydrogens (tertiary/aromatic N) is 2. The summed E-state index contributed by atoms with van der Waals surface area (Å²) in [6, 6.07) is 11.3. The molecule has 1 aromatic carbocycles. The van der Waals surface area contributed by atoms with Gasteiger partial charge in [0.2, 0.25) is 0 Å². The predicted octanol–water partition coefficient (Wildman–Crippen LogP) is 4.23. The molecule has 0 N–H and O–H groups in total. The molecule has 0 fully saturated rings. The summed E-state index contributed by atoms with van der Waals surface area (Å²) >= 11 is 0. The second kappa shape index (κ2) is 6.99. The van der Waals surface area contributed by atoms with E-state index < -0.39 is 0 Å². The standard InChI is InChI=1S/C21H27N2/c1-4-23(5-2)20-11-9-17(10-12-20)15-18-7-6-8-19-16-22(3)14-13-21(18)19/h9-16H,4-8H2,1-3H3/q+1. The number of aromatic nitrogens is 1. The second-order valence-corrected chi connectivity index (χ2v) is 6.34. The fourth-order valence-electron chi connectivity index (χ4n) is 3.50. The Bertz CT molecular complexity index is 694. The van der Waals surface area contributed by atoms with Gasteiger partial charge < -0.3 is 4.90 Å². The molecule has 0 bridgehead atoms. The number of hydrogen-bond donors (Lipinski definition) is 0. The van der Waals surface area contributed by atoms with Gasteiger partial charge in [0, 0.05) is 30.4 Å². The summed E-state index contributed by atoms with van der Waals surface area (Å²) in [5, 5.41) is 0. The Kier molecular flexibility index (Phi) is 4.80. The van der Waals surface area contributed by atoms with Crippen molar-refractivity contribution in [3.63, 3.8) is 0 Å². The Labute approximate surface area is 140 Å². The maximum absolute atomic E-state index is 2.38. The van der Waals surface area contributed by atoms with Crippen molar-refractivity contribution in [2.24, 2.45) is 7.05 Å². The third-order valence-corrected chi connectivity index (χ3v) is 4.78. The summed E-state index contributed by atoms with van der Waals surface area (Å²) in [6.45, 7) is 6.53. The summed E-state index contributed by atoms with van der Waals surface area (Å²) in [6.07, 6.45) is 10.4. The molecule has 120 valence electrons. The third kappa shape index (κ3) is 3.47. The molecule has 1 heterocycles. The van der Waals surface area contributed by atoms with Crippen LogP contribution in [0, 0.1) is 0 Å². The first-order chi connectivity index (χ1) is 11.2. The van der Waals surface area contributed by atoms with Gasteiger partial charge in [-0.2, -0.15) is 0 Å². The molecule has 0 saturated heterocycles. The van der Waals surface area contributed by atoms with Gasteiger partial charge >= 0.3 is 0 Å². The Hall–Kier alpha value is -2.09. The summed E-state index contributed by atoms with van der Waals surface area (Å²) in [5.74, 6) is 0. The van der Waals surface area contributed by atoms with E-state index >= 15 is 0 Å². The second-order valence-electron chi connectivity index (χ2n) is 6.34. The predicted molar refractivity (Wildman–Crippen MR) is 98.4 cm³/mol. The molecule has 1 aromatic heterocycles. The molecule has 0 atom stereocenters. The van der Waals surface area contributed by atoms with Crippen molar-refractivity contribution in [1.29, 1.82) is 0 Å². The minimum Gasteiger partial charge on any atom is -0.372 e. The summed E-state index contributed by atoms with van der Waals surface area (Å²) in [5.41, 5.74) is 7.00. The van der Waals surface area contributed by atoms with Crippen molar-refractivity contribution in [2.75, 3.05) is 18.0 Å². The number of pyridine rings is 1.